The standard InChI is InChI=1S/C23H22N4O4S/c28-12-10-17-3-1-2-4-21(17)27-32(30,31)19-7-5-16(6-8-19)14-25-23(29)22-13-18-15-24-11-9-20(18)26-22/h1-9,11,13,15,26-28H,10,12,14H2,(H,25,29). The van der Waals surface area contributed by atoms with Gasteiger partial charge in [0.05, 0.1) is 10.6 Å². The molecule has 0 atom stereocenters. The molecule has 0 radical (unpaired) electrons. The van der Waals surface area contributed by atoms with Gasteiger partial charge < -0.3 is 15.4 Å². The lowest BCUT2D eigenvalue weighted by atomic mass is 10.1. The number of hydrogen-bond donors (Lipinski definition) is 4. The van der Waals surface area contributed by atoms with Gasteiger partial charge >= 0.3 is 0 Å². The normalized spacial score (nSPS) is 11.4. The number of aromatic nitrogens is 2. The third-order valence-electron chi connectivity index (χ3n) is 5.00. The predicted molar refractivity (Wildman–Crippen MR) is 122 cm³/mol. The molecule has 8 nitrogen and oxygen atoms in total. The van der Waals surface area contributed by atoms with Gasteiger partial charge in [0.15, 0.2) is 0 Å². The highest BCUT2D eigenvalue weighted by molar-refractivity contribution is 7.92. The maximum Gasteiger partial charge on any atom is 0.267 e. The molecule has 4 N–H and O–H groups in total. The molecule has 4 aromatic rings. The summed E-state index contributed by atoms with van der Waals surface area (Å²) in [7, 11) is -3.79. The number of para-hydroxylation sites is 1. The molecule has 2 aromatic heterocycles. The van der Waals surface area contributed by atoms with Gasteiger partial charge in [-0.05, 0) is 47.9 Å². The molecule has 0 bridgehead atoms. The fraction of sp³-hybridized carbons (Fsp3) is 0.130. The Morgan fingerprint density at radius 3 is 2.59 bits per heavy atom. The minimum absolute atomic E-state index is 0.0748. The first-order valence-corrected chi connectivity index (χ1v) is 11.5. The number of hydrogen-bond acceptors (Lipinski definition) is 5. The number of anilines is 1. The average Bonchev–Trinajstić information content (AvgIpc) is 3.24. The van der Waals surface area contributed by atoms with Crippen LogP contribution in [0.4, 0.5) is 5.69 Å². The highest BCUT2D eigenvalue weighted by Crippen LogP contribution is 2.21. The molecule has 0 spiro atoms. The van der Waals surface area contributed by atoms with Gasteiger partial charge in [-0.3, -0.25) is 14.5 Å². The molecular formula is C23H22N4O4S. The maximum atomic E-state index is 12.8. The fourth-order valence-corrected chi connectivity index (χ4v) is 4.42. The zero-order valence-electron chi connectivity index (χ0n) is 17.1. The van der Waals surface area contributed by atoms with Gasteiger partial charge in [0.25, 0.3) is 15.9 Å². The van der Waals surface area contributed by atoms with Gasteiger partial charge in [0.2, 0.25) is 0 Å². The second kappa shape index (κ2) is 9.21. The maximum absolute atomic E-state index is 12.8. The largest absolute Gasteiger partial charge is 0.396 e. The Kier molecular flexibility index (Phi) is 6.20. The summed E-state index contributed by atoms with van der Waals surface area (Å²) in [5.41, 5.74) is 3.17. The Hall–Kier alpha value is -3.69. The number of amides is 1. The van der Waals surface area contributed by atoms with E-state index in [4.69, 9.17) is 0 Å². The molecule has 2 aromatic carbocycles. The molecule has 9 heteroatoms. The molecule has 0 unspecified atom stereocenters. The van der Waals surface area contributed by atoms with E-state index in [0.29, 0.717) is 23.4 Å². The van der Waals surface area contributed by atoms with Gasteiger partial charge in [-0.25, -0.2) is 8.42 Å². The Balaban J connectivity index is 1.41. The molecule has 0 aliphatic carbocycles. The van der Waals surface area contributed by atoms with Crippen LogP contribution in [0.25, 0.3) is 10.9 Å². The van der Waals surface area contributed by atoms with Crippen molar-refractivity contribution in [2.24, 2.45) is 0 Å². The van der Waals surface area contributed by atoms with Gasteiger partial charge in [-0.2, -0.15) is 0 Å². The number of fused-ring (bicyclic) bond motifs is 1. The monoisotopic (exact) mass is 450 g/mol. The van der Waals surface area contributed by atoms with Gasteiger partial charge in [-0.1, -0.05) is 30.3 Å². The number of nitrogens with one attached hydrogen (secondary N) is 3. The van der Waals surface area contributed by atoms with Crippen LogP contribution in [0.15, 0.2) is 78.0 Å². The summed E-state index contributed by atoms with van der Waals surface area (Å²) in [4.78, 5) is 19.6. The zero-order valence-corrected chi connectivity index (χ0v) is 17.9. The van der Waals surface area contributed by atoms with Crippen molar-refractivity contribution in [3.8, 4) is 0 Å². The van der Waals surface area contributed by atoms with E-state index in [9.17, 15) is 18.3 Å². The Morgan fingerprint density at radius 2 is 1.84 bits per heavy atom. The van der Waals surface area contributed by atoms with E-state index in [-0.39, 0.29) is 24.0 Å². The van der Waals surface area contributed by atoms with Crippen molar-refractivity contribution < 1.29 is 18.3 Å². The summed E-state index contributed by atoms with van der Waals surface area (Å²) >= 11 is 0. The van der Waals surface area contributed by atoms with Crippen molar-refractivity contribution >= 4 is 32.5 Å². The summed E-state index contributed by atoms with van der Waals surface area (Å²) in [5, 5.41) is 12.8. The lowest BCUT2D eigenvalue weighted by molar-refractivity contribution is 0.0946. The van der Waals surface area contributed by atoms with Crippen molar-refractivity contribution in [3.05, 3.63) is 89.9 Å². The van der Waals surface area contributed by atoms with E-state index < -0.39 is 10.0 Å². The Bertz CT molecular complexity index is 1310. The zero-order chi connectivity index (χ0) is 22.6. The average molecular weight is 451 g/mol. The SMILES string of the molecule is O=C(NCc1ccc(S(=O)(=O)Nc2ccccc2CCO)cc1)c1cc2cnccc2[nH]1. The summed E-state index contributed by atoms with van der Waals surface area (Å²) < 4.78 is 28.1. The van der Waals surface area contributed by atoms with Crippen LogP contribution in [0, 0.1) is 0 Å². The number of sulfonamides is 1. The van der Waals surface area contributed by atoms with Crippen LogP contribution in [-0.2, 0) is 23.0 Å². The number of H-pyrrole nitrogens is 1. The highest BCUT2D eigenvalue weighted by Gasteiger charge is 2.16. The molecule has 0 saturated carbocycles. The number of carbonyl (C=O) groups is 1. The lowest BCUT2D eigenvalue weighted by Gasteiger charge is -2.12. The number of rotatable bonds is 8. The molecule has 4 rings (SSSR count). The topological polar surface area (TPSA) is 124 Å². The third-order valence-corrected chi connectivity index (χ3v) is 6.38. The van der Waals surface area contributed by atoms with Crippen LogP contribution in [0.5, 0.6) is 0 Å². The van der Waals surface area contributed by atoms with E-state index in [2.05, 4.69) is 20.0 Å². The van der Waals surface area contributed by atoms with E-state index in [1.165, 1.54) is 12.1 Å². The second-order valence-corrected chi connectivity index (χ2v) is 8.89. The van der Waals surface area contributed by atoms with Gasteiger partial charge in [-0.15, -0.1) is 0 Å². The predicted octanol–water partition coefficient (Wildman–Crippen LogP) is 2.83. The van der Waals surface area contributed by atoms with E-state index in [1.54, 1.807) is 60.9 Å². The number of carbonyl (C=O) groups excluding carboxylic acids is 1. The molecule has 0 aliphatic rings. The molecule has 32 heavy (non-hydrogen) atoms. The minimum atomic E-state index is -3.79. The first-order valence-electron chi connectivity index (χ1n) is 9.98. The number of pyridine rings is 1. The van der Waals surface area contributed by atoms with Crippen molar-refractivity contribution in [3.63, 3.8) is 0 Å². The van der Waals surface area contributed by atoms with Crippen molar-refractivity contribution in [2.75, 3.05) is 11.3 Å². The third kappa shape index (κ3) is 4.79. The van der Waals surface area contributed by atoms with Crippen LogP contribution in [0.1, 0.15) is 21.6 Å². The number of benzene rings is 2. The quantitative estimate of drug-likeness (QED) is 0.329. The lowest BCUT2D eigenvalue weighted by Crippen LogP contribution is -2.23. The summed E-state index contributed by atoms with van der Waals surface area (Å²) in [6, 6.07) is 16.8. The van der Waals surface area contributed by atoms with Crippen molar-refractivity contribution in [1.29, 1.82) is 0 Å². The molecular weight excluding hydrogens is 428 g/mol. The van der Waals surface area contributed by atoms with Crippen LogP contribution < -0.4 is 10.0 Å². The fourth-order valence-electron chi connectivity index (χ4n) is 3.32. The smallest absolute Gasteiger partial charge is 0.267 e. The number of aromatic amines is 1. The van der Waals surface area contributed by atoms with Crippen molar-refractivity contribution in [1.82, 2.24) is 15.3 Å². The number of aliphatic hydroxyl groups is 1. The summed E-state index contributed by atoms with van der Waals surface area (Å²) in [5.74, 6) is -0.264. The van der Waals surface area contributed by atoms with Gasteiger partial charge in [0, 0.05) is 36.4 Å². The van der Waals surface area contributed by atoms with Crippen molar-refractivity contribution in [2.45, 2.75) is 17.9 Å². The molecule has 0 saturated heterocycles. The Labute approximate surface area is 185 Å². The van der Waals surface area contributed by atoms with E-state index in [0.717, 1.165) is 16.5 Å². The van der Waals surface area contributed by atoms with Crippen LogP contribution in [0.2, 0.25) is 0 Å². The van der Waals surface area contributed by atoms with Gasteiger partial charge in [0.1, 0.15) is 5.69 Å². The first kappa shape index (κ1) is 21.5. The second-order valence-electron chi connectivity index (χ2n) is 7.21. The molecule has 164 valence electrons. The number of nitrogens with zero attached hydrogens (tertiary/aromatic N) is 1. The van der Waals surface area contributed by atoms with Crippen LogP contribution >= 0.6 is 0 Å². The van der Waals surface area contributed by atoms with Crippen LogP contribution in [-0.4, -0.2) is 36.0 Å². The van der Waals surface area contributed by atoms with E-state index in [1.807, 2.05) is 0 Å². The molecule has 2 heterocycles. The molecule has 1 amide bonds. The van der Waals surface area contributed by atoms with Crippen LogP contribution in [0.3, 0.4) is 0 Å². The summed E-state index contributed by atoms with van der Waals surface area (Å²) in [6.45, 7) is 0.175. The van der Waals surface area contributed by atoms with E-state index >= 15 is 0 Å². The molecule has 0 fully saturated rings. The summed E-state index contributed by atoms with van der Waals surface area (Å²) in [6.07, 6.45) is 3.68. The number of aliphatic hydroxyl groups excluding tert-OH is 1. The minimum Gasteiger partial charge on any atom is -0.396 e. The highest BCUT2D eigenvalue weighted by atomic mass is 32.2. The first-order chi connectivity index (χ1) is 15.5. The Morgan fingerprint density at radius 1 is 1.06 bits per heavy atom. The molecule has 0 aliphatic heterocycles.